The van der Waals surface area contributed by atoms with Crippen molar-refractivity contribution in [3.05, 3.63) is 91.0 Å². The van der Waals surface area contributed by atoms with Crippen molar-refractivity contribution in [3.8, 4) is 0 Å². The summed E-state index contributed by atoms with van der Waals surface area (Å²) in [5, 5.41) is 3.59. The molecule has 0 bridgehead atoms. The van der Waals surface area contributed by atoms with Crippen LogP contribution in [0.3, 0.4) is 0 Å². The summed E-state index contributed by atoms with van der Waals surface area (Å²) in [6.07, 6.45) is 0. The molecule has 2 nitrogen and oxygen atoms in total. The molecule has 3 aromatic carbocycles. The summed E-state index contributed by atoms with van der Waals surface area (Å²) < 4.78 is 5.69. The van der Waals surface area contributed by atoms with Gasteiger partial charge in [0.2, 0.25) is 0 Å². The number of hydrogen-bond donors (Lipinski definition) is 0. The van der Waals surface area contributed by atoms with Crippen molar-refractivity contribution in [1.29, 1.82) is 0 Å². The molecule has 0 aromatic heterocycles. The van der Waals surface area contributed by atoms with Crippen LogP contribution in [0.15, 0.2) is 91.0 Å². The third kappa shape index (κ3) is 6.51. The zero-order chi connectivity index (χ0) is 22.0. The second-order valence-electron chi connectivity index (χ2n) is 7.49. The Hall–Kier alpha value is -1.99. The van der Waals surface area contributed by atoms with E-state index in [4.69, 9.17) is 27.9 Å². The van der Waals surface area contributed by atoms with Gasteiger partial charge >= 0.3 is 5.97 Å². The van der Waals surface area contributed by atoms with Gasteiger partial charge in [-0.15, -0.1) is 23.2 Å². The largest absolute Gasteiger partial charge is 0.457 e. The van der Waals surface area contributed by atoms with Crippen LogP contribution in [0.25, 0.3) is 0 Å². The molecular weight excluding hydrogens is 434 g/mol. The van der Waals surface area contributed by atoms with Gasteiger partial charge < -0.3 is 4.74 Å². The lowest BCUT2D eigenvalue weighted by atomic mass is 10.2. The second-order valence-corrected chi connectivity index (χ2v) is 11.6. The van der Waals surface area contributed by atoms with Crippen molar-refractivity contribution >= 4 is 57.8 Å². The Morgan fingerprint density at radius 1 is 0.767 bits per heavy atom. The predicted molar refractivity (Wildman–Crippen MR) is 134 cm³/mol. The maximum atomic E-state index is 12.9. The second kappa shape index (κ2) is 11.4. The van der Waals surface area contributed by atoms with Crippen molar-refractivity contribution in [2.24, 2.45) is 0 Å². The van der Waals surface area contributed by atoms with E-state index in [2.05, 4.69) is 36.4 Å². The predicted octanol–water partition coefficient (Wildman–Crippen LogP) is 5.55. The van der Waals surface area contributed by atoms with Crippen molar-refractivity contribution in [1.82, 2.24) is 0 Å². The molecule has 0 fully saturated rings. The van der Waals surface area contributed by atoms with Crippen LogP contribution >= 0.6 is 30.1 Å². The first kappa shape index (κ1) is 24.3. The minimum Gasteiger partial charge on any atom is -0.457 e. The number of hydrogen-bond acceptors (Lipinski definition) is 2. The Morgan fingerprint density at radius 3 is 1.33 bits per heavy atom. The first-order chi connectivity index (χ1) is 14.3. The van der Waals surface area contributed by atoms with Gasteiger partial charge in [-0.25, -0.2) is 4.79 Å². The molecule has 0 aliphatic rings. The van der Waals surface area contributed by atoms with E-state index < -0.39 is 12.5 Å². The average molecular weight is 461 g/mol. The molecule has 3 rings (SSSR count). The molecule has 0 atom stereocenters. The monoisotopic (exact) mass is 460 g/mol. The molecule has 5 heteroatoms. The standard InChI is InChI=1S/C24H25O2P.CH2Cl2/c1-24(2,3)26-23(25)19-27(20-13-7-4-8-14-20,21-15-9-5-10-16-21)22-17-11-6-12-18-22;2-1-3/h4-19H,1-3H3;1H2. The first-order valence-electron chi connectivity index (χ1n) is 9.60. The lowest BCUT2D eigenvalue weighted by Gasteiger charge is -2.29. The van der Waals surface area contributed by atoms with Crippen LogP contribution in [0.5, 0.6) is 0 Å². The van der Waals surface area contributed by atoms with Crippen molar-refractivity contribution in [2.75, 3.05) is 5.34 Å². The molecular formula is C25H27Cl2O2P. The van der Waals surface area contributed by atoms with E-state index >= 15 is 0 Å². The molecule has 0 spiro atoms. The van der Waals surface area contributed by atoms with Crippen molar-refractivity contribution < 1.29 is 9.53 Å². The summed E-state index contributed by atoms with van der Waals surface area (Å²) in [7, 11) is 0. The Kier molecular flexibility index (Phi) is 9.24. The summed E-state index contributed by atoms with van der Waals surface area (Å²) in [5.74, 6) is 1.53. The van der Waals surface area contributed by atoms with Crippen LogP contribution in [-0.4, -0.2) is 22.7 Å². The number of halogens is 2. The third-order valence-corrected chi connectivity index (χ3v) is 8.13. The summed E-state index contributed by atoms with van der Waals surface area (Å²) in [6.45, 7) is 3.39. The molecule has 30 heavy (non-hydrogen) atoms. The van der Waals surface area contributed by atoms with E-state index in [1.165, 1.54) is 0 Å². The highest BCUT2D eigenvalue weighted by atomic mass is 35.5. The molecule has 0 radical (unpaired) electrons. The quantitative estimate of drug-likeness (QED) is 0.290. The number of carbonyl (C=O) groups is 1. The lowest BCUT2D eigenvalue weighted by molar-refractivity contribution is -0.145. The smallest absolute Gasteiger partial charge is 0.332 e. The highest BCUT2D eigenvalue weighted by Crippen LogP contribution is 2.43. The fourth-order valence-corrected chi connectivity index (χ4v) is 6.78. The highest BCUT2D eigenvalue weighted by molar-refractivity contribution is 7.95. The van der Waals surface area contributed by atoms with E-state index in [9.17, 15) is 4.79 Å². The third-order valence-electron chi connectivity index (χ3n) is 4.20. The van der Waals surface area contributed by atoms with Crippen LogP contribution < -0.4 is 15.9 Å². The zero-order valence-electron chi connectivity index (χ0n) is 17.5. The minimum atomic E-state index is -2.29. The van der Waals surface area contributed by atoms with Gasteiger partial charge in [0.1, 0.15) is 5.60 Å². The Balaban J connectivity index is 0.00000101. The zero-order valence-corrected chi connectivity index (χ0v) is 19.9. The number of benzene rings is 3. The maximum absolute atomic E-state index is 12.9. The molecule has 0 aliphatic carbocycles. The average Bonchev–Trinajstić information content (AvgIpc) is 2.73. The van der Waals surface area contributed by atoms with Crippen LogP contribution in [-0.2, 0) is 9.53 Å². The van der Waals surface area contributed by atoms with E-state index in [0.717, 1.165) is 15.9 Å². The normalized spacial score (nSPS) is 11.1. The van der Waals surface area contributed by atoms with Gasteiger partial charge in [-0.05, 0) is 43.6 Å². The van der Waals surface area contributed by atoms with Crippen LogP contribution in [0.2, 0.25) is 0 Å². The molecule has 0 N–H and O–H groups in total. The summed E-state index contributed by atoms with van der Waals surface area (Å²) in [5.41, 5.74) is -0.534. The van der Waals surface area contributed by atoms with Gasteiger partial charge in [0, 0.05) is 5.80 Å². The minimum absolute atomic E-state index is 0.194. The number of esters is 1. The summed E-state index contributed by atoms with van der Waals surface area (Å²) >= 11 is 9.53. The van der Waals surface area contributed by atoms with Crippen LogP contribution in [0.4, 0.5) is 0 Å². The molecule has 0 saturated carbocycles. The van der Waals surface area contributed by atoms with E-state index in [0.29, 0.717) is 0 Å². The number of ether oxygens (including phenoxy) is 1. The lowest BCUT2D eigenvalue weighted by Crippen LogP contribution is -2.31. The van der Waals surface area contributed by atoms with Gasteiger partial charge in [-0.1, -0.05) is 91.0 Å². The number of carbonyl (C=O) groups excluding carboxylic acids is 1. The van der Waals surface area contributed by atoms with Gasteiger partial charge in [-0.2, -0.15) is 0 Å². The Labute approximate surface area is 189 Å². The van der Waals surface area contributed by atoms with E-state index in [1.807, 2.05) is 81.2 Å². The van der Waals surface area contributed by atoms with Crippen LogP contribution in [0, 0.1) is 0 Å². The first-order valence-corrected chi connectivity index (χ1v) is 12.5. The number of alkyl halides is 2. The van der Waals surface area contributed by atoms with E-state index in [-0.39, 0.29) is 11.3 Å². The van der Waals surface area contributed by atoms with E-state index in [1.54, 1.807) is 0 Å². The fourth-order valence-electron chi connectivity index (χ4n) is 3.15. The molecule has 158 valence electrons. The number of rotatable bonds is 4. The van der Waals surface area contributed by atoms with Gasteiger partial charge in [-0.3, -0.25) is 0 Å². The molecule has 3 aromatic rings. The maximum Gasteiger partial charge on any atom is 0.332 e. The highest BCUT2D eigenvalue weighted by Gasteiger charge is 2.27. The SMILES string of the molecule is CC(C)(C)OC(=O)C=P(c1ccccc1)(c1ccccc1)c1ccccc1.ClCCl. The van der Waals surface area contributed by atoms with Crippen LogP contribution in [0.1, 0.15) is 20.8 Å². The van der Waals surface area contributed by atoms with Gasteiger partial charge in [0.25, 0.3) is 0 Å². The Morgan fingerprint density at radius 2 is 1.07 bits per heavy atom. The van der Waals surface area contributed by atoms with Crippen molar-refractivity contribution in [3.63, 3.8) is 0 Å². The Bertz CT molecular complexity index is 863. The summed E-state index contributed by atoms with van der Waals surface area (Å²) in [6, 6.07) is 30.8. The topological polar surface area (TPSA) is 26.3 Å². The fraction of sp³-hybridized carbons (Fsp3) is 0.200. The molecule has 0 aliphatic heterocycles. The molecule has 0 saturated heterocycles. The van der Waals surface area contributed by atoms with Gasteiger partial charge in [0.05, 0.1) is 5.34 Å². The van der Waals surface area contributed by atoms with Crippen molar-refractivity contribution in [2.45, 2.75) is 26.4 Å². The molecule has 0 amide bonds. The molecule has 0 unspecified atom stereocenters. The van der Waals surface area contributed by atoms with Gasteiger partial charge in [0.15, 0.2) is 0 Å². The summed E-state index contributed by atoms with van der Waals surface area (Å²) in [4.78, 5) is 12.9. The molecule has 0 heterocycles.